The second-order valence-corrected chi connectivity index (χ2v) is 9.57. The van der Waals surface area contributed by atoms with E-state index in [2.05, 4.69) is 65.8 Å². The van der Waals surface area contributed by atoms with Gasteiger partial charge < -0.3 is 5.11 Å². The highest BCUT2D eigenvalue weighted by molar-refractivity contribution is 5.92. The van der Waals surface area contributed by atoms with Crippen LogP contribution in [0.15, 0.2) is 30.3 Å². The van der Waals surface area contributed by atoms with E-state index in [0.717, 1.165) is 5.39 Å². The van der Waals surface area contributed by atoms with E-state index in [1.807, 2.05) is 6.07 Å². The van der Waals surface area contributed by atoms with E-state index in [1.165, 1.54) is 67.9 Å². The van der Waals surface area contributed by atoms with Crippen LogP contribution in [0, 0.1) is 0 Å². The van der Waals surface area contributed by atoms with Gasteiger partial charge in [-0.05, 0) is 46.3 Å². The van der Waals surface area contributed by atoms with Crippen LogP contribution < -0.4 is 0 Å². The van der Waals surface area contributed by atoms with Crippen molar-refractivity contribution in [3.8, 4) is 5.75 Å². The second-order valence-electron chi connectivity index (χ2n) is 9.57. The summed E-state index contributed by atoms with van der Waals surface area (Å²) in [6.07, 6.45) is 10.0. The molecule has 0 radical (unpaired) electrons. The third kappa shape index (κ3) is 5.27. The summed E-state index contributed by atoms with van der Waals surface area (Å²) in [6.45, 7) is 14.0. The molecule has 0 aliphatic heterocycles. The molecule has 0 fully saturated rings. The zero-order valence-electron chi connectivity index (χ0n) is 18.5. The molecule has 0 aliphatic carbocycles. The van der Waals surface area contributed by atoms with Gasteiger partial charge in [-0.2, -0.15) is 0 Å². The molecule has 1 heteroatoms. The maximum Gasteiger partial charge on any atom is 0.123 e. The van der Waals surface area contributed by atoms with Crippen molar-refractivity contribution in [1.82, 2.24) is 0 Å². The first-order chi connectivity index (χ1) is 12.7. The van der Waals surface area contributed by atoms with Gasteiger partial charge in [0.15, 0.2) is 0 Å². The Morgan fingerprint density at radius 2 is 1.30 bits per heavy atom. The van der Waals surface area contributed by atoms with Crippen LogP contribution in [0.1, 0.15) is 104 Å². The molecule has 1 N–H and O–H groups in total. The third-order valence-corrected chi connectivity index (χ3v) is 6.31. The first-order valence-electron chi connectivity index (χ1n) is 11.0. The van der Waals surface area contributed by atoms with Crippen LogP contribution in [0.5, 0.6) is 5.75 Å². The molecule has 0 atom stereocenters. The molecular formula is C26H40O. The molecule has 2 aromatic rings. The van der Waals surface area contributed by atoms with Gasteiger partial charge in [-0.25, -0.2) is 0 Å². The Hall–Kier alpha value is -1.50. The fourth-order valence-electron chi connectivity index (χ4n) is 4.26. The summed E-state index contributed by atoms with van der Waals surface area (Å²) in [5.74, 6) is 0.397. The lowest BCUT2D eigenvalue weighted by atomic mass is 9.75. The van der Waals surface area contributed by atoms with E-state index in [0.29, 0.717) is 5.75 Å². The fraction of sp³-hybridized carbons (Fsp3) is 0.615. The van der Waals surface area contributed by atoms with Crippen LogP contribution in [-0.4, -0.2) is 5.11 Å². The number of phenols is 1. The Morgan fingerprint density at radius 1 is 0.704 bits per heavy atom. The van der Waals surface area contributed by atoms with E-state index in [1.54, 1.807) is 0 Å². The summed E-state index contributed by atoms with van der Waals surface area (Å²) in [6, 6.07) is 10.7. The average Bonchev–Trinajstić information content (AvgIpc) is 2.61. The second kappa shape index (κ2) is 9.13. The zero-order valence-corrected chi connectivity index (χ0v) is 18.5. The normalized spacial score (nSPS) is 12.7. The van der Waals surface area contributed by atoms with E-state index < -0.39 is 0 Å². The Kier molecular flexibility index (Phi) is 7.37. The smallest absolute Gasteiger partial charge is 0.123 e. The van der Waals surface area contributed by atoms with Crippen molar-refractivity contribution in [1.29, 1.82) is 0 Å². The van der Waals surface area contributed by atoms with Crippen LogP contribution in [-0.2, 0) is 10.8 Å². The number of aromatic hydroxyl groups is 1. The topological polar surface area (TPSA) is 20.2 Å². The lowest BCUT2D eigenvalue weighted by Crippen LogP contribution is -2.19. The minimum Gasteiger partial charge on any atom is -0.507 e. The molecule has 150 valence electrons. The van der Waals surface area contributed by atoms with Crippen LogP contribution in [0.2, 0.25) is 0 Å². The number of hydrogen-bond donors (Lipinski definition) is 1. The standard InChI is InChI=1S/C26H40O/c1-7-9-11-17-25(3,4)20-13-14-21-22(19-20)23(15-16-24(21)27)26(5,6)18-12-10-8-2/h13-16,19,27H,7-12,17-18H2,1-6H3. The van der Waals surface area contributed by atoms with E-state index in [-0.39, 0.29) is 10.8 Å². The SMILES string of the molecule is CCCCCC(C)(C)c1ccc2c(O)ccc(C(C)(C)CCCCC)c2c1. The molecule has 1 nitrogen and oxygen atoms in total. The van der Waals surface area contributed by atoms with Crippen molar-refractivity contribution in [2.75, 3.05) is 0 Å². The predicted molar refractivity (Wildman–Crippen MR) is 120 cm³/mol. The van der Waals surface area contributed by atoms with Crippen molar-refractivity contribution < 1.29 is 5.11 Å². The molecule has 0 unspecified atom stereocenters. The number of hydrogen-bond acceptors (Lipinski definition) is 1. The maximum atomic E-state index is 10.4. The van der Waals surface area contributed by atoms with Gasteiger partial charge in [0.05, 0.1) is 0 Å². The van der Waals surface area contributed by atoms with Crippen LogP contribution in [0.3, 0.4) is 0 Å². The van der Waals surface area contributed by atoms with Crippen molar-refractivity contribution >= 4 is 10.8 Å². The van der Waals surface area contributed by atoms with Crippen molar-refractivity contribution in [2.24, 2.45) is 0 Å². The lowest BCUT2D eigenvalue weighted by molar-refractivity contribution is 0.447. The minimum atomic E-state index is 0.117. The third-order valence-electron chi connectivity index (χ3n) is 6.31. The number of unbranched alkanes of at least 4 members (excludes halogenated alkanes) is 4. The predicted octanol–water partition coefficient (Wildman–Crippen LogP) is 8.26. The summed E-state index contributed by atoms with van der Waals surface area (Å²) in [5.41, 5.74) is 3.05. The molecule has 0 aromatic heterocycles. The summed E-state index contributed by atoms with van der Waals surface area (Å²) < 4.78 is 0. The largest absolute Gasteiger partial charge is 0.507 e. The van der Waals surface area contributed by atoms with E-state index in [4.69, 9.17) is 0 Å². The maximum absolute atomic E-state index is 10.4. The average molecular weight is 369 g/mol. The minimum absolute atomic E-state index is 0.117. The van der Waals surface area contributed by atoms with E-state index >= 15 is 0 Å². The Balaban J connectivity index is 2.45. The van der Waals surface area contributed by atoms with Crippen LogP contribution >= 0.6 is 0 Å². The van der Waals surface area contributed by atoms with Crippen molar-refractivity contribution in [3.05, 3.63) is 41.5 Å². The monoisotopic (exact) mass is 368 g/mol. The molecule has 2 aromatic carbocycles. The van der Waals surface area contributed by atoms with Crippen LogP contribution in [0.25, 0.3) is 10.8 Å². The van der Waals surface area contributed by atoms with Gasteiger partial charge >= 0.3 is 0 Å². The fourth-order valence-corrected chi connectivity index (χ4v) is 4.26. The van der Waals surface area contributed by atoms with Crippen LogP contribution in [0.4, 0.5) is 0 Å². The van der Waals surface area contributed by atoms with Gasteiger partial charge in [0, 0.05) is 5.39 Å². The number of phenolic OH excluding ortho intramolecular Hbond substituents is 1. The van der Waals surface area contributed by atoms with Gasteiger partial charge in [-0.3, -0.25) is 0 Å². The molecule has 0 heterocycles. The Bertz CT molecular complexity index is 739. The number of benzene rings is 2. The Labute approximate surface area is 167 Å². The molecule has 27 heavy (non-hydrogen) atoms. The summed E-state index contributed by atoms with van der Waals surface area (Å²) >= 11 is 0. The highest BCUT2D eigenvalue weighted by atomic mass is 16.3. The van der Waals surface area contributed by atoms with Gasteiger partial charge in [0.25, 0.3) is 0 Å². The van der Waals surface area contributed by atoms with Gasteiger partial charge in [-0.15, -0.1) is 0 Å². The van der Waals surface area contributed by atoms with Gasteiger partial charge in [0.2, 0.25) is 0 Å². The highest BCUT2D eigenvalue weighted by Crippen LogP contribution is 2.40. The number of rotatable bonds is 10. The lowest BCUT2D eigenvalue weighted by Gasteiger charge is -2.29. The highest BCUT2D eigenvalue weighted by Gasteiger charge is 2.25. The molecule has 0 bridgehead atoms. The first kappa shape index (κ1) is 21.8. The molecule has 0 saturated carbocycles. The van der Waals surface area contributed by atoms with Crippen molar-refractivity contribution in [3.63, 3.8) is 0 Å². The molecular weight excluding hydrogens is 328 g/mol. The molecule has 0 spiro atoms. The first-order valence-corrected chi connectivity index (χ1v) is 11.0. The molecule has 0 amide bonds. The Morgan fingerprint density at radius 3 is 1.89 bits per heavy atom. The summed E-state index contributed by atoms with van der Waals surface area (Å²) in [7, 11) is 0. The summed E-state index contributed by atoms with van der Waals surface area (Å²) in [5, 5.41) is 12.7. The number of fused-ring (bicyclic) bond motifs is 1. The zero-order chi connectivity index (χ0) is 20.1. The molecule has 2 rings (SSSR count). The van der Waals surface area contributed by atoms with Gasteiger partial charge in [-0.1, -0.05) is 104 Å². The van der Waals surface area contributed by atoms with E-state index in [9.17, 15) is 5.11 Å². The molecule has 0 aliphatic rings. The summed E-state index contributed by atoms with van der Waals surface area (Å²) in [4.78, 5) is 0. The quantitative estimate of drug-likeness (QED) is 0.418. The van der Waals surface area contributed by atoms with Gasteiger partial charge in [0.1, 0.15) is 5.75 Å². The van der Waals surface area contributed by atoms with Crippen molar-refractivity contribution in [2.45, 2.75) is 104 Å². The molecule has 0 saturated heterocycles.